The second-order valence-corrected chi connectivity index (χ2v) is 8.13. The van der Waals surface area contributed by atoms with Crippen molar-refractivity contribution < 1.29 is 9.47 Å². The maximum absolute atomic E-state index is 5.70. The minimum atomic E-state index is 0.250. The molecule has 2 aliphatic rings. The number of ether oxygens (including phenoxy) is 2. The molecule has 0 spiro atoms. The predicted molar refractivity (Wildman–Crippen MR) is 127 cm³/mol. The average molecular weight is 432 g/mol. The van der Waals surface area contributed by atoms with Crippen molar-refractivity contribution >= 4 is 23.0 Å². The van der Waals surface area contributed by atoms with Crippen molar-refractivity contribution in [1.29, 1.82) is 0 Å². The molecule has 0 radical (unpaired) electrons. The third-order valence-corrected chi connectivity index (χ3v) is 6.18. The first-order valence-electron chi connectivity index (χ1n) is 10.6. The van der Waals surface area contributed by atoms with Crippen LogP contribution in [-0.4, -0.2) is 47.9 Å². The van der Waals surface area contributed by atoms with Crippen molar-refractivity contribution in [3.8, 4) is 11.5 Å². The number of anilines is 1. The number of nitrogens with zero attached hydrogens (tertiary/aromatic N) is 2. The number of hydrogen-bond acceptors (Lipinski definition) is 4. The van der Waals surface area contributed by atoms with Gasteiger partial charge in [0.15, 0.2) is 16.6 Å². The highest BCUT2D eigenvalue weighted by molar-refractivity contribution is 7.80. The standard InChI is InChI=1S/C25H25N3O2S/c31-25(26-21-11-12-22-23(17-21)30-18-29-22)28-15-13-27(14-16-28)24(19-7-3-1-4-8-19)20-9-5-2-6-10-20/h1-12,17,24H,13-16,18H2,(H,26,31). The summed E-state index contributed by atoms with van der Waals surface area (Å²) < 4.78 is 10.8. The number of nitrogens with one attached hydrogen (secondary N) is 1. The van der Waals surface area contributed by atoms with Crippen LogP contribution in [0.1, 0.15) is 17.2 Å². The summed E-state index contributed by atoms with van der Waals surface area (Å²) >= 11 is 5.70. The number of rotatable bonds is 4. The van der Waals surface area contributed by atoms with Gasteiger partial charge in [0.25, 0.3) is 0 Å². The Morgan fingerprint density at radius 3 is 2.03 bits per heavy atom. The van der Waals surface area contributed by atoms with Crippen LogP contribution in [-0.2, 0) is 0 Å². The minimum Gasteiger partial charge on any atom is -0.454 e. The number of benzene rings is 3. The molecule has 3 aromatic rings. The quantitative estimate of drug-likeness (QED) is 0.612. The van der Waals surface area contributed by atoms with Crippen LogP contribution in [0.5, 0.6) is 11.5 Å². The van der Waals surface area contributed by atoms with Gasteiger partial charge in [-0.15, -0.1) is 0 Å². The molecule has 3 aromatic carbocycles. The fraction of sp³-hybridized carbons (Fsp3) is 0.240. The first kappa shape index (κ1) is 19.8. The number of fused-ring (bicyclic) bond motifs is 1. The normalized spacial score (nSPS) is 15.8. The topological polar surface area (TPSA) is 37.0 Å². The van der Waals surface area contributed by atoms with Gasteiger partial charge in [-0.1, -0.05) is 60.7 Å². The lowest BCUT2D eigenvalue weighted by molar-refractivity contribution is 0.151. The Labute approximate surface area is 188 Å². The molecule has 5 nitrogen and oxygen atoms in total. The molecule has 1 saturated heterocycles. The molecule has 0 unspecified atom stereocenters. The van der Waals surface area contributed by atoms with Crippen LogP contribution in [0, 0.1) is 0 Å². The fourth-order valence-electron chi connectivity index (χ4n) is 4.24. The van der Waals surface area contributed by atoms with E-state index in [1.54, 1.807) is 0 Å². The van der Waals surface area contributed by atoms with E-state index < -0.39 is 0 Å². The zero-order valence-corrected chi connectivity index (χ0v) is 18.1. The summed E-state index contributed by atoms with van der Waals surface area (Å²) in [6, 6.07) is 27.6. The van der Waals surface area contributed by atoms with E-state index in [1.807, 2.05) is 18.2 Å². The van der Waals surface area contributed by atoms with E-state index in [1.165, 1.54) is 11.1 Å². The summed E-state index contributed by atoms with van der Waals surface area (Å²) in [7, 11) is 0. The van der Waals surface area contributed by atoms with Crippen molar-refractivity contribution in [3.63, 3.8) is 0 Å². The van der Waals surface area contributed by atoms with Gasteiger partial charge in [0, 0.05) is 37.9 Å². The van der Waals surface area contributed by atoms with Crippen molar-refractivity contribution in [2.75, 3.05) is 38.3 Å². The number of piperazine rings is 1. The largest absolute Gasteiger partial charge is 0.454 e. The van der Waals surface area contributed by atoms with Crippen LogP contribution in [0.4, 0.5) is 5.69 Å². The van der Waals surface area contributed by atoms with Gasteiger partial charge in [0.2, 0.25) is 6.79 Å². The highest BCUT2D eigenvalue weighted by Crippen LogP contribution is 2.34. The first-order chi connectivity index (χ1) is 15.3. The van der Waals surface area contributed by atoms with Gasteiger partial charge in [-0.2, -0.15) is 0 Å². The molecular formula is C25H25N3O2S. The molecule has 0 aliphatic carbocycles. The Bertz CT molecular complexity index is 998. The van der Waals surface area contributed by atoms with Crippen molar-refractivity contribution in [2.45, 2.75) is 6.04 Å². The molecule has 31 heavy (non-hydrogen) atoms. The maximum Gasteiger partial charge on any atom is 0.231 e. The third-order valence-electron chi connectivity index (χ3n) is 5.82. The summed E-state index contributed by atoms with van der Waals surface area (Å²) in [5.41, 5.74) is 3.56. The van der Waals surface area contributed by atoms with Crippen molar-refractivity contribution in [2.24, 2.45) is 0 Å². The van der Waals surface area contributed by atoms with E-state index >= 15 is 0 Å². The van der Waals surface area contributed by atoms with Gasteiger partial charge >= 0.3 is 0 Å². The zero-order valence-electron chi connectivity index (χ0n) is 17.2. The molecule has 0 aromatic heterocycles. The molecule has 2 heterocycles. The molecule has 158 valence electrons. The molecule has 0 atom stereocenters. The van der Waals surface area contributed by atoms with Crippen LogP contribution < -0.4 is 14.8 Å². The monoisotopic (exact) mass is 431 g/mol. The first-order valence-corrected chi connectivity index (χ1v) is 11.0. The Morgan fingerprint density at radius 2 is 1.39 bits per heavy atom. The Kier molecular flexibility index (Phi) is 5.74. The van der Waals surface area contributed by atoms with Crippen LogP contribution in [0.15, 0.2) is 78.9 Å². The van der Waals surface area contributed by atoms with E-state index in [2.05, 4.69) is 75.8 Å². The van der Waals surface area contributed by atoms with E-state index in [9.17, 15) is 0 Å². The summed E-state index contributed by atoms with van der Waals surface area (Å²) in [6.45, 7) is 3.92. The Balaban J connectivity index is 1.26. The zero-order chi connectivity index (χ0) is 21.0. The van der Waals surface area contributed by atoms with E-state index in [-0.39, 0.29) is 12.8 Å². The van der Waals surface area contributed by atoms with Gasteiger partial charge in [-0.3, -0.25) is 4.90 Å². The summed E-state index contributed by atoms with van der Waals surface area (Å²) in [6.07, 6.45) is 0. The van der Waals surface area contributed by atoms with Crippen LogP contribution >= 0.6 is 12.2 Å². The third kappa shape index (κ3) is 4.36. The number of hydrogen-bond donors (Lipinski definition) is 1. The predicted octanol–water partition coefficient (Wildman–Crippen LogP) is 4.52. The fourth-order valence-corrected chi connectivity index (χ4v) is 4.55. The molecule has 0 amide bonds. The van der Waals surface area contributed by atoms with Crippen LogP contribution in [0.3, 0.4) is 0 Å². The molecule has 5 rings (SSSR count). The SMILES string of the molecule is S=C(Nc1ccc2c(c1)OCO2)N1CCN(C(c2ccccc2)c2ccccc2)CC1. The summed E-state index contributed by atoms with van der Waals surface area (Å²) in [5, 5.41) is 4.10. The highest BCUT2D eigenvalue weighted by atomic mass is 32.1. The number of thiocarbonyl (C=S) groups is 1. The van der Waals surface area contributed by atoms with Crippen molar-refractivity contribution in [1.82, 2.24) is 9.80 Å². The lowest BCUT2D eigenvalue weighted by Crippen LogP contribution is -2.50. The highest BCUT2D eigenvalue weighted by Gasteiger charge is 2.27. The lowest BCUT2D eigenvalue weighted by Gasteiger charge is -2.40. The average Bonchev–Trinajstić information content (AvgIpc) is 3.29. The molecule has 0 bridgehead atoms. The van der Waals surface area contributed by atoms with E-state index in [4.69, 9.17) is 21.7 Å². The Hall–Kier alpha value is -3.09. The molecule has 6 heteroatoms. The lowest BCUT2D eigenvalue weighted by atomic mass is 9.96. The molecular weight excluding hydrogens is 406 g/mol. The van der Waals surface area contributed by atoms with E-state index in [0.29, 0.717) is 0 Å². The minimum absolute atomic E-state index is 0.250. The molecule has 1 fully saturated rings. The summed E-state index contributed by atoms with van der Waals surface area (Å²) in [5.74, 6) is 1.53. The second kappa shape index (κ2) is 8.96. The second-order valence-electron chi connectivity index (χ2n) is 7.75. The van der Waals surface area contributed by atoms with Gasteiger partial charge < -0.3 is 19.7 Å². The van der Waals surface area contributed by atoms with E-state index in [0.717, 1.165) is 48.5 Å². The molecule has 1 N–H and O–H groups in total. The van der Waals surface area contributed by atoms with Gasteiger partial charge in [-0.05, 0) is 35.5 Å². The van der Waals surface area contributed by atoms with Gasteiger partial charge in [0.1, 0.15) is 0 Å². The maximum atomic E-state index is 5.70. The van der Waals surface area contributed by atoms with Gasteiger partial charge in [-0.25, -0.2) is 0 Å². The Morgan fingerprint density at radius 1 is 0.774 bits per heavy atom. The molecule has 0 saturated carbocycles. The van der Waals surface area contributed by atoms with Crippen molar-refractivity contribution in [3.05, 3.63) is 90.0 Å². The molecule has 2 aliphatic heterocycles. The smallest absolute Gasteiger partial charge is 0.231 e. The van der Waals surface area contributed by atoms with Crippen LogP contribution in [0.2, 0.25) is 0 Å². The van der Waals surface area contributed by atoms with Crippen LogP contribution in [0.25, 0.3) is 0 Å². The van der Waals surface area contributed by atoms with Gasteiger partial charge in [0.05, 0.1) is 6.04 Å². The summed E-state index contributed by atoms with van der Waals surface area (Å²) in [4.78, 5) is 4.79.